The van der Waals surface area contributed by atoms with Crippen LogP contribution in [0.3, 0.4) is 0 Å². The van der Waals surface area contributed by atoms with Crippen molar-refractivity contribution in [1.29, 1.82) is 0 Å². The van der Waals surface area contributed by atoms with E-state index in [-0.39, 0.29) is 54.4 Å². The van der Waals surface area contributed by atoms with Crippen molar-refractivity contribution in [1.82, 2.24) is 10.2 Å². The van der Waals surface area contributed by atoms with E-state index in [2.05, 4.69) is 10.6 Å². The lowest BCUT2D eigenvalue weighted by molar-refractivity contribution is -0.154. The van der Waals surface area contributed by atoms with E-state index in [9.17, 15) is 31.9 Å². The number of hydrogen-bond donors (Lipinski definition) is 2. The molecule has 1 aromatic heterocycles. The molecule has 38 heavy (non-hydrogen) atoms. The molecule has 1 aromatic carbocycles. The summed E-state index contributed by atoms with van der Waals surface area (Å²) in [5.74, 6) is -2.72. The Bertz CT molecular complexity index is 1190. The van der Waals surface area contributed by atoms with Crippen LogP contribution < -0.4 is 15.5 Å². The highest BCUT2D eigenvalue weighted by atomic mass is 35.5. The smallest absolute Gasteiger partial charge is 0.370 e. The largest absolute Gasteiger partial charge is 0.401 e. The number of benzene rings is 1. The molecule has 2 aromatic rings. The zero-order valence-electron chi connectivity index (χ0n) is 20.0. The Balaban J connectivity index is 1.52. The maximum absolute atomic E-state index is 14.9. The molecule has 2 aliphatic rings. The van der Waals surface area contributed by atoms with Gasteiger partial charge in [-0.3, -0.25) is 19.3 Å². The summed E-state index contributed by atoms with van der Waals surface area (Å²) in [6.07, 6.45) is -3.13. The third kappa shape index (κ3) is 7.65. The monoisotopic (exact) mass is 576 g/mol. The van der Waals surface area contributed by atoms with Gasteiger partial charge in [-0.25, -0.2) is 4.39 Å². The van der Waals surface area contributed by atoms with Crippen LogP contribution in [0.1, 0.15) is 22.5 Å². The van der Waals surface area contributed by atoms with Crippen molar-refractivity contribution in [3.8, 4) is 0 Å². The van der Waals surface area contributed by atoms with Gasteiger partial charge in [-0.2, -0.15) is 13.2 Å². The molecule has 206 valence electrons. The van der Waals surface area contributed by atoms with E-state index in [0.717, 1.165) is 35.1 Å². The first-order valence-electron chi connectivity index (χ1n) is 11.8. The number of carbonyl (C=O) groups is 3. The highest BCUT2D eigenvalue weighted by molar-refractivity contribution is 7.18. The van der Waals surface area contributed by atoms with E-state index in [0.29, 0.717) is 4.34 Å². The van der Waals surface area contributed by atoms with Gasteiger partial charge in [0.05, 0.1) is 28.1 Å². The predicted octanol–water partition coefficient (Wildman–Crippen LogP) is 3.92. The minimum absolute atomic E-state index is 0.00113. The average Bonchev–Trinajstić information content (AvgIpc) is 3.55. The molecule has 0 unspecified atom stereocenters. The molecule has 1 aliphatic heterocycles. The summed E-state index contributed by atoms with van der Waals surface area (Å²) in [5, 5.41) is 4.86. The molecular formula is C24H25ClF4N4O4S. The molecule has 3 amide bonds. The van der Waals surface area contributed by atoms with Gasteiger partial charge in [0.15, 0.2) is 0 Å². The molecule has 2 N–H and O–H groups in total. The van der Waals surface area contributed by atoms with Crippen molar-refractivity contribution >= 4 is 52.0 Å². The Morgan fingerprint density at radius 3 is 2.61 bits per heavy atom. The zero-order chi connectivity index (χ0) is 27.4. The Morgan fingerprint density at radius 1 is 1.24 bits per heavy atom. The molecule has 14 heteroatoms. The number of thiophene rings is 1. The molecule has 0 spiro atoms. The fraction of sp³-hybridized carbons (Fsp3) is 0.458. The first kappa shape index (κ1) is 28.3. The molecule has 0 radical (unpaired) electrons. The van der Waals surface area contributed by atoms with E-state index in [4.69, 9.17) is 16.3 Å². The van der Waals surface area contributed by atoms with Crippen LogP contribution >= 0.6 is 22.9 Å². The molecule has 1 aliphatic carbocycles. The van der Waals surface area contributed by atoms with Crippen LogP contribution in [0.4, 0.5) is 28.9 Å². The molecule has 1 saturated carbocycles. The number of carbonyl (C=O) groups excluding carboxylic acids is 3. The highest BCUT2D eigenvalue weighted by Crippen LogP contribution is 2.32. The molecular weight excluding hydrogens is 552 g/mol. The normalized spacial score (nSPS) is 17.0. The molecule has 1 atom stereocenters. The van der Waals surface area contributed by atoms with Gasteiger partial charge in [0.1, 0.15) is 18.5 Å². The number of nitrogens with zero attached hydrogens (tertiary/aromatic N) is 2. The van der Waals surface area contributed by atoms with Crippen LogP contribution in [0.5, 0.6) is 0 Å². The second-order valence-corrected chi connectivity index (χ2v) is 10.8. The zero-order valence-corrected chi connectivity index (χ0v) is 21.6. The van der Waals surface area contributed by atoms with E-state index in [1.165, 1.54) is 29.2 Å². The van der Waals surface area contributed by atoms with Gasteiger partial charge in [0.2, 0.25) is 5.91 Å². The van der Waals surface area contributed by atoms with Crippen LogP contribution in [0.15, 0.2) is 30.3 Å². The Labute approximate surface area is 224 Å². The lowest BCUT2D eigenvalue weighted by atomic mass is 10.1. The van der Waals surface area contributed by atoms with Crippen LogP contribution in [0, 0.1) is 11.7 Å². The number of rotatable bonds is 10. The van der Waals surface area contributed by atoms with E-state index >= 15 is 0 Å². The minimum Gasteiger partial charge on any atom is -0.370 e. The van der Waals surface area contributed by atoms with Crippen molar-refractivity contribution in [3.05, 3.63) is 45.4 Å². The number of anilines is 2. The fourth-order valence-corrected chi connectivity index (χ4v) is 5.00. The second kappa shape index (κ2) is 12.0. The first-order valence-corrected chi connectivity index (χ1v) is 13.0. The molecule has 2 fully saturated rings. The average molecular weight is 577 g/mol. The van der Waals surface area contributed by atoms with Gasteiger partial charge >= 0.3 is 6.18 Å². The van der Waals surface area contributed by atoms with E-state index in [1.807, 2.05) is 0 Å². The molecule has 0 bridgehead atoms. The van der Waals surface area contributed by atoms with Crippen molar-refractivity contribution in [2.24, 2.45) is 5.92 Å². The Hall–Kier alpha value is -2.74. The number of amides is 3. The topological polar surface area (TPSA) is 91.0 Å². The summed E-state index contributed by atoms with van der Waals surface area (Å²) in [4.78, 5) is 40.4. The number of ether oxygens (including phenoxy) is 1. The van der Waals surface area contributed by atoms with Gasteiger partial charge in [-0.05, 0) is 49.1 Å². The minimum atomic E-state index is -4.60. The van der Waals surface area contributed by atoms with Crippen molar-refractivity contribution in [2.75, 3.05) is 49.6 Å². The summed E-state index contributed by atoms with van der Waals surface area (Å²) in [6, 6.07) is 5.27. The third-order valence-electron chi connectivity index (χ3n) is 6.08. The highest BCUT2D eigenvalue weighted by Gasteiger charge is 2.39. The summed E-state index contributed by atoms with van der Waals surface area (Å²) in [5.41, 5.74) is -0.00106. The first-order chi connectivity index (χ1) is 18.0. The maximum Gasteiger partial charge on any atom is 0.401 e. The van der Waals surface area contributed by atoms with Gasteiger partial charge in [0.25, 0.3) is 11.8 Å². The third-order valence-corrected chi connectivity index (χ3v) is 7.31. The van der Waals surface area contributed by atoms with Crippen LogP contribution in [-0.4, -0.2) is 74.2 Å². The van der Waals surface area contributed by atoms with Crippen molar-refractivity contribution in [3.63, 3.8) is 0 Å². The summed E-state index contributed by atoms with van der Waals surface area (Å²) < 4.78 is 60.7. The van der Waals surface area contributed by atoms with Gasteiger partial charge in [-0.1, -0.05) is 11.6 Å². The lowest BCUT2D eigenvalue weighted by Crippen LogP contribution is -2.54. The standard InChI is InChI=1S/C24H25ClF4N4O4S/c25-20-6-5-19(38-20)23(36)30-10-18(32(11-14-1-2-14)13-24(27,28)29)22(35)31-17-4-3-15(9-16(17)26)33-7-8-37-12-21(33)34/h3-6,9,14,18H,1-2,7-8,10-13H2,(H,30,36)(H,31,35)/t18-/m1/s1. The van der Waals surface area contributed by atoms with E-state index in [1.54, 1.807) is 0 Å². The van der Waals surface area contributed by atoms with Crippen molar-refractivity contribution < 1.29 is 36.7 Å². The van der Waals surface area contributed by atoms with Crippen LogP contribution in [0.2, 0.25) is 4.34 Å². The Kier molecular flexibility index (Phi) is 8.91. The van der Waals surface area contributed by atoms with Crippen LogP contribution in [-0.2, 0) is 14.3 Å². The maximum atomic E-state index is 14.9. The molecule has 2 heterocycles. The Morgan fingerprint density at radius 2 is 2.00 bits per heavy atom. The quantitative estimate of drug-likeness (QED) is 0.419. The lowest BCUT2D eigenvalue weighted by Gasteiger charge is -2.32. The number of halogens is 5. The summed E-state index contributed by atoms with van der Waals surface area (Å²) in [7, 11) is 0. The molecule has 8 nitrogen and oxygen atoms in total. The predicted molar refractivity (Wildman–Crippen MR) is 134 cm³/mol. The van der Waals surface area contributed by atoms with E-state index < -0.39 is 42.9 Å². The molecule has 1 saturated heterocycles. The number of alkyl halides is 3. The number of morpholine rings is 1. The van der Waals surface area contributed by atoms with Gasteiger partial charge < -0.3 is 20.3 Å². The fourth-order valence-electron chi connectivity index (χ4n) is 4.05. The summed E-state index contributed by atoms with van der Waals surface area (Å²) >= 11 is 6.84. The summed E-state index contributed by atoms with van der Waals surface area (Å²) in [6.45, 7) is -1.43. The number of hydrogen-bond acceptors (Lipinski definition) is 6. The van der Waals surface area contributed by atoms with Crippen molar-refractivity contribution in [2.45, 2.75) is 25.1 Å². The molecule has 4 rings (SSSR count). The second-order valence-electron chi connectivity index (χ2n) is 9.07. The van der Waals surface area contributed by atoms with Gasteiger partial charge in [0, 0.05) is 25.3 Å². The number of nitrogens with one attached hydrogen (secondary N) is 2. The van der Waals surface area contributed by atoms with Crippen LogP contribution in [0.25, 0.3) is 0 Å². The van der Waals surface area contributed by atoms with Gasteiger partial charge in [-0.15, -0.1) is 11.3 Å². The SMILES string of the molecule is O=C(NC[C@H](C(=O)Nc1ccc(N2CCOCC2=O)cc1F)N(CC1CC1)CC(F)(F)F)c1ccc(Cl)s1.